The van der Waals surface area contributed by atoms with Gasteiger partial charge >= 0.3 is 0 Å². The third-order valence-corrected chi connectivity index (χ3v) is 5.84. The van der Waals surface area contributed by atoms with Gasteiger partial charge < -0.3 is 15.1 Å². The van der Waals surface area contributed by atoms with E-state index in [1.54, 1.807) is 12.1 Å². The van der Waals surface area contributed by atoms with Gasteiger partial charge in [0.25, 0.3) is 0 Å². The van der Waals surface area contributed by atoms with Crippen LogP contribution in [0.4, 0.5) is 4.39 Å². The molecule has 0 spiro atoms. The second-order valence-corrected chi connectivity index (χ2v) is 7.97. The highest BCUT2D eigenvalue weighted by Gasteiger charge is 2.26. The van der Waals surface area contributed by atoms with Crippen LogP contribution in [0.2, 0.25) is 0 Å². The van der Waals surface area contributed by atoms with Crippen molar-refractivity contribution in [2.24, 2.45) is 10.9 Å². The first-order chi connectivity index (χ1) is 12.2. The first-order valence-corrected chi connectivity index (χ1v) is 10.1. The first kappa shape index (κ1) is 21.9. The van der Waals surface area contributed by atoms with Gasteiger partial charge in [0.05, 0.1) is 4.47 Å². The minimum absolute atomic E-state index is 0. The SMILES string of the molecule is CN=C(NCc1ccc(Br)c(F)c1)N1CCC(CN2CCCCC2)C1.I. The molecule has 0 amide bonds. The Morgan fingerprint density at radius 3 is 2.73 bits per heavy atom. The van der Waals surface area contributed by atoms with E-state index in [1.165, 1.54) is 45.3 Å². The Bertz CT molecular complexity index is 607. The number of hydrogen-bond acceptors (Lipinski definition) is 2. The topological polar surface area (TPSA) is 30.9 Å². The van der Waals surface area contributed by atoms with Gasteiger partial charge in [-0.1, -0.05) is 12.5 Å². The van der Waals surface area contributed by atoms with Crippen LogP contribution in [0, 0.1) is 11.7 Å². The fourth-order valence-corrected chi connectivity index (χ4v) is 4.09. The van der Waals surface area contributed by atoms with Crippen molar-refractivity contribution < 1.29 is 4.39 Å². The molecule has 1 atom stereocenters. The van der Waals surface area contributed by atoms with Crippen molar-refractivity contribution >= 4 is 45.9 Å². The summed E-state index contributed by atoms with van der Waals surface area (Å²) in [4.78, 5) is 9.38. The van der Waals surface area contributed by atoms with Gasteiger partial charge in [-0.25, -0.2) is 4.39 Å². The molecule has 4 nitrogen and oxygen atoms in total. The molecular weight excluding hydrogens is 510 g/mol. The average molecular weight is 539 g/mol. The Balaban J connectivity index is 0.00000243. The van der Waals surface area contributed by atoms with Crippen LogP contribution >= 0.6 is 39.9 Å². The molecule has 0 radical (unpaired) electrons. The number of piperidine rings is 1. The zero-order chi connectivity index (χ0) is 17.6. The van der Waals surface area contributed by atoms with Crippen molar-refractivity contribution in [2.45, 2.75) is 32.2 Å². The van der Waals surface area contributed by atoms with Crippen molar-refractivity contribution in [3.05, 3.63) is 34.1 Å². The summed E-state index contributed by atoms with van der Waals surface area (Å²) in [6.07, 6.45) is 5.32. The third kappa shape index (κ3) is 6.05. The maximum atomic E-state index is 13.6. The number of benzene rings is 1. The molecule has 3 rings (SSSR count). The fraction of sp³-hybridized carbons (Fsp3) is 0.632. The lowest BCUT2D eigenvalue weighted by atomic mass is 10.1. The van der Waals surface area contributed by atoms with E-state index in [4.69, 9.17) is 0 Å². The predicted octanol–water partition coefficient (Wildman–Crippen LogP) is 4.09. The molecule has 2 aliphatic rings. The highest BCUT2D eigenvalue weighted by Crippen LogP contribution is 2.20. The summed E-state index contributed by atoms with van der Waals surface area (Å²) in [5, 5.41) is 3.38. The summed E-state index contributed by atoms with van der Waals surface area (Å²) < 4.78 is 14.1. The summed E-state index contributed by atoms with van der Waals surface area (Å²) in [5.74, 6) is 1.42. The number of likely N-dealkylation sites (tertiary alicyclic amines) is 2. The van der Waals surface area contributed by atoms with Crippen LogP contribution in [-0.4, -0.2) is 55.5 Å². The molecule has 2 aliphatic heterocycles. The molecule has 0 aliphatic carbocycles. The minimum Gasteiger partial charge on any atom is -0.352 e. The number of rotatable bonds is 4. The van der Waals surface area contributed by atoms with E-state index < -0.39 is 0 Å². The van der Waals surface area contributed by atoms with Gasteiger partial charge in [0.15, 0.2) is 5.96 Å². The zero-order valence-corrected chi connectivity index (χ0v) is 19.3. The summed E-state index contributed by atoms with van der Waals surface area (Å²) in [6, 6.07) is 5.24. The van der Waals surface area contributed by atoms with Crippen LogP contribution in [0.15, 0.2) is 27.7 Å². The number of hydrogen-bond donors (Lipinski definition) is 1. The van der Waals surface area contributed by atoms with Gasteiger partial charge in [0.1, 0.15) is 5.82 Å². The molecule has 0 saturated carbocycles. The largest absolute Gasteiger partial charge is 0.352 e. The van der Waals surface area contributed by atoms with Gasteiger partial charge in [-0.05, 0) is 71.9 Å². The quantitative estimate of drug-likeness (QED) is 0.356. The molecule has 1 unspecified atom stereocenters. The number of nitrogens with zero attached hydrogens (tertiary/aromatic N) is 3. The average Bonchev–Trinajstić information content (AvgIpc) is 3.08. The number of aliphatic imine (C=N–C) groups is 1. The Morgan fingerprint density at radius 2 is 2.04 bits per heavy atom. The Morgan fingerprint density at radius 1 is 1.27 bits per heavy atom. The van der Waals surface area contributed by atoms with Crippen LogP contribution in [0.25, 0.3) is 0 Å². The van der Waals surface area contributed by atoms with E-state index in [1.807, 2.05) is 13.1 Å². The Labute approximate surface area is 181 Å². The second-order valence-electron chi connectivity index (χ2n) is 7.11. The lowest BCUT2D eigenvalue weighted by Gasteiger charge is -2.29. The highest BCUT2D eigenvalue weighted by atomic mass is 127. The van der Waals surface area contributed by atoms with E-state index in [0.717, 1.165) is 30.5 Å². The molecule has 0 bridgehead atoms. The van der Waals surface area contributed by atoms with E-state index >= 15 is 0 Å². The highest BCUT2D eigenvalue weighted by molar-refractivity contribution is 14.0. The van der Waals surface area contributed by atoms with Gasteiger partial charge in [-0.15, -0.1) is 24.0 Å². The van der Waals surface area contributed by atoms with Crippen molar-refractivity contribution in [1.29, 1.82) is 0 Å². The maximum absolute atomic E-state index is 13.6. The molecule has 2 heterocycles. The van der Waals surface area contributed by atoms with Gasteiger partial charge in [-0.3, -0.25) is 4.99 Å². The van der Waals surface area contributed by atoms with Crippen LogP contribution < -0.4 is 5.32 Å². The minimum atomic E-state index is -0.225. The molecular formula is C19H29BrFIN4. The normalized spacial score (nSPS) is 21.6. The zero-order valence-electron chi connectivity index (χ0n) is 15.4. The monoisotopic (exact) mass is 538 g/mol. The number of nitrogens with one attached hydrogen (secondary N) is 1. The van der Waals surface area contributed by atoms with Crippen molar-refractivity contribution in [3.8, 4) is 0 Å². The van der Waals surface area contributed by atoms with E-state index in [0.29, 0.717) is 11.0 Å². The molecule has 2 saturated heterocycles. The molecule has 1 aromatic rings. The van der Waals surface area contributed by atoms with Crippen molar-refractivity contribution in [3.63, 3.8) is 0 Å². The molecule has 1 aromatic carbocycles. The van der Waals surface area contributed by atoms with Crippen LogP contribution in [0.5, 0.6) is 0 Å². The lowest BCUT2D eigenvalue weighted by Crippen LogP contribution is -2.41. The smallest absolute Gasteiger partial charge is 0.193 e. The van der Waals surface area contributed by atoms with Crippen LogP contribution in [-0.2, 0) is 6.54 Å². The summed E-state index contributed by atoms with van der Waals surface area (Å²) in [5.41, 5.74) is 0.922. The third-order valence-electron chi connectivity index (χ3n) is 5.20. The maximum Gasteiger partial charge on any atom is 0.193 e. The molecule has 26 heavy (non-hydrogen) atoms. The standard InChI is InChI=1S/C19H28BrFN4.HI/c1-22-19(23-12-15-5-6-17(20)18(21)11-15)25-10-7-16(14-25)13-24-8-3-2-4-9-24;/h5-6,11,16H,2-4,7-10,12-14H2,1H3,(H,22,23);1H. The first-order valence-electron chi connectivity index (χ1n) is 9.27. The van der Waals surface area contributed by atoms with E-state index in [9.17, 15) is 4.39 Å². The Kier molecular flexibility index (Phi) is 9.09. The van der Waals surface area contributed by atoms with E-state index in [2.05, 4.69) is 36.0 Å². The molecule has 146 valence electrons. The molecule has 0 aromatic heterocycles. The lowest BCUT2D eigenvalue weighted by molar-refractivity contribution is 0.198. The van der Waals surface area contributed by atoms with Gasteiger partial charge in [0, 0.05) is 33.2 Å². The van der Waals surface area contributed by atoms with Crippen LogP contribution in [0.1, 0.15) is 31.2 Å². The van der Waals surface area contributed by atoms with Gasteiger partial charge in [0.2, 0.25) is 0 Å². The Hall–Kier alpha value is -0.410. The molecule has 1 N–H and O–H groups in total. The molecule has 2 fully saturated rings. The van der Waals surface area contributed by atoms with Crippen molar-refractivity contribution in [1.82, 2.24) is 15.1 Å². The summed E-state index contributed by atoms with van der Waals surface area (Å²) in [6.45, 7) is 6.44. The molecule has 7 heteroatoms. The predicted molar refractivity (Wildman–Crippen MR) is 120 cm³/mol. The summed E-state index contributed by atoms with van der Waals surface area (Å²) in [7, 11) is 1.82. The van der Waals surface area contributed by atoms with Gasteiger partial charge in [-0.2, -0.15) is 0 Å². The number of guanidine groups is 1. The van der Waals surface area contributed by atoms with Crippen LogP contribution in [0.3, 0.4) is 0 Å². The summed E-state index contributed by atoms with van der Waals surface area (Å²) >= 11 is 3.19. The van der Waals surface area contributed by atoms with Crippen molar-refractivity contribution in [2.75, 3.05) is 39.8 Å². The fourth-order valence-electron chi connectivity index (χ4n) is 3.84. The number of halogens is 3. The van der Waals surface area contributed by atoms with E-state index in [-0.39, 0.29) is 29.8 Å². The second kappa shape index (κ2) is 10.8.